The summed E-state index contributed by atoms with van der Waals surface area (Å²) in [6.07, 6.45) is 11.0. The molecule has 2 heterocycles. The minimum Gasteiger partial charge on any atom is -0.331 e. The van der Waals surface area contributed by atoms with E-state index in [0.29, 0.717) is 18.0 Å². The molecule has 0 radical (unpaired) electrons. The van der Waals surface area contributed by atoms with E-state index in [-0.39, 0.29) is 0 Å². The van der Waals surface area contributed by atoms with Crippen molar-refractivity contribution < 1.29 is 0 Å². The summed E-state index contributed by atoms with van der Waals surface area (Å²) in [7, 11) is 2.09. The van der Waals surface area contributed by atoms with Crippen LogP contribution in [0.5, 0.6) is 0 Å². The standard InChI is InChI=1S/C17H30N4/c1-13(2)21-12-19-11-16(21)17-14(10-18-3)6-4-5-9-20(17)15-7-8-15/h11-15,17-18H,4-10H2,1-3H3. The van der Waals surface area contributed by atoms with E-state index in [1.54, 1.807) is 0 Å². The van der Waals surface area contributed by atoms with Crippen LogP contribution in [0.2, 0.25) is 0 Å². The zero-order valence-corrected chi connectivity index (χ0v) is 13.8. The van der Waals surface area contributed by atoms with Gasteiger partial charge in [-0.2, -0.15) is 0 Å². The number of nitrogens with zero attached hydrogens (tertiary/aromatic N) is 3. The Labute approximate surface area is 128 Å². The van der Waals surface area contributed by atoms with E-state index >= 15 is 0 Å². The molecule has 0 spiro atoms. The molecule has 118 valence electrons. The fourth-order valence-electron chi connectivity index (χ4n) is 3.95. The van der Waals surface area contributed by atoms with E-state index in [9.17, 15) is 0 Å². The molecule has 0 amide bonds. The van der Waals surface area contributed by atoms with E-state index in [1.807, 2.05) is 6.33 Å². The smallest absolute Gasteiger partial charge is 0.0951 e. The van der Waals surface area contributed by atoms with Gasteiger partial charge in [-0.1, -0.05) is 6.42 Å². The zero-order valence-electron chi connectivity index (χ0n) is 13.8. The van der Waals surface area contributed by atoms with Crippen molar-refractivity contribution >= 4 is 0 Å². The third-order valence-electron chi connectivity index (χ3n) is 5.08. The van der Waals surface area contributed by atoms with Crippen LogP contribution < -0.4 is 5.32 Å². The van der Waals surface area contributed by atoms with Gasteiger partial charge in [0.25, 0.3) is 0 Å². The van der Waals surface area contributed by atoms with Crippen LogP contribution in [0, 0.1) is 5.92 Å². The molecular formula is C17H30N4. The van der Waals surface area contributed by atoms with Crippen LogP contribution in [0.3, 0.4) is 0 Å². The van der Waals surface area contributed by atoms with Gasteiger partial charge >= 0.3 is 0 Å². The number of likely N-dealkylation sites (tertiary alicyclic amines) is 1. The molecule has 4 heteroatoms. The van der Waals surface area contributed by atoms with Crippen LogP contribution >= 0.6 is 0 Å². The first-order chi connectivity index (χ1) is 10.2. The molecule has 4 nitrogen and oxygen atoms in total. The minimum atomic E-state index is 0.488. The summed E-state index contributed by atoms with van der Waals surface area (Å²) < 4.78 is 2.38. The first-order valence-electron chi connectivity index (χ1n) is 8.64. The van der Waals surface area contributed by atoms with Gasteiger partial charge < -0.3 is 9.88 Å². The Morgan fingerprint density at radius 3 is 2.76 bits per heavy atom. The molecule has 1 saturated heterocycles. The molecule has 1 aliphatic heterocycles. The topological polar surface area (TPSA) is 33.1 Å². The highest BCUT2D eigenvalue weighted by Gasteiger charge is 2.40. The molecule has 1 aliphatic carbocycles. The summed E-state index contributed by atoms with van der Waals surface area (Å²) in [5.41, 5.74) is 1.43. The predicted molar refractivity (Wildman–Crippen MR) is 86.3 cm³/mol. The van der Waals surface area contributed by atoms with Crippen LogP contribution in [0.4, 0.5) is 0 Å². The van der Waals surface area contributed by atoms with Gasteiger partial charge in [0.1, 0.15) is 0 Å². The van der Waals surface area contributed by atoms with Gasteiger partial charge in [0.2, 0.25) is 0 Å². The quantitative estimate of drug-likeness (QED) is 0.905. The summed E-state index contributed by atoms with van der Waals surface area (Å²) in [6, 6.07) is 1.85. The van der Waals surface area contributed by atoms with E-state index < -0.39 is 0 Å². The van der Waals surface area contributed by atoms with Crippen LogP contribution in [0.15, 0.2) is 12.5 Å². The molecule has 2 fully saturated rings. The van der Waals surface area contributed by atoms with Crippen molar-refractivity contribution in [2.45, 2.75) is 64.1 Å². The Morgan fingerprint density at radius 2 is 2.10 bits per heavy atom. The number of imidazole rings is 1. The van der Waals surface area contributed by atoms with Crippen LogP contribution in [-0.4, -0.2) is 40.6 Å². The van der Waals surface area contributed by atoms with Crippen molar-refractivity contribution in [1.82, 2.24) is 19.8 Å². The first-order valence-corrected chi connectivity index (χ1v) is 8.64. The molecular weight excluding hydrogens is 260 g/mol. The van der Waals surface area contributed by atoms with Gasteiger partial charge in [-0.15, -0.1) is 0 Å². The number of aromatic nitrogens is 2. The van der Waals surface area contributed by atoms with Gasteiger partial charge in [0.15, 0.2) is 0 Å². The summed E-state index contributed by atoms with van der Waals surface area (Å²) in [4.78, 5) is 7.27. The van der Waals surface area contributed by atoms with E-state index in [2.05, 4.69) is 46.9 Å². The Hall–Kier alpha value is -0.870. The van der Waals surface area contributed by atoms with E-state index in [0.717, 1.165) is 12.6 Å². The van der Waals surface area contributed by atoms with E-state index in [4.69, 9.17) is 0 Å². The number of hydrogen-bond acceptors (Lipinski definition) is 3. The zero-order chi connectivity index (χ0) is 14.8. The maximum Gasteiger partial charge on any atom is 0.0951 e. The van der Waals surface area contributed by atoms with Crippen molar-refractivity contribution in [3.8, 4) is 0 Å². The van der Waals surface area contributed by atoms with Crippen molar-refractivity contribution in [2.24, 2.45) is 5.92 Å². The molecule has 2 aliphatic rings. The Bertz CT molecular complexity index is 449. The Morgan fingerprint density at radius 1 is 1.29 bits per heavy atom. The summed E-state index contributed by atoms with van der Waals surface area (Å²) >= 11 is 0. The fourth-order valence-corrected chi connectivity index (χ4v) is 3.95. The third-order valence-corrected chi connectivity index (χ3v) is 5.08. The average molecular weight is 290 g/mol. The molecule has 0 aromatic carbocycles. The maximum absolute atomic E-state index is 4.47. The number of rotatable bonds is 5. The molecule has 2 unspecified atom stereocenters. The molecule has 21 heavy (non-hydrogen) atoms. The van der Waals surface area contributed by atoms with Crippen LogP contribution in [-0.2, 0) is 0 Å². The summed E-state index contributed by atoms with van der Waals surface area (Å²) in [5.74, 6) is 0.701. The normalized spacial score (nSPS) is 28.0. The van der Waals surface area contributed by atoms with Crippen molar-refractivity contribution in [2.75, 3.05) is 20.1 Å². The van der Waals surface area contributed by atoms with Crippen LogP contribution in [0.1, 0.15) is 63.7 Å². The van der Waals surface area contributed by atoms with Crippen LogP contribution in [0.25, 0.3) is 0 Å². The monoisotopic (exact) mass is 290 g/mol. The van der Waals surface area contributed by atoms with Gasteiger partial charge in [-0.3, -0.25) is 4.90 Å². The second-order valence-corrected chi connectivity index (χ2v) is 7.05. The molecule has 1 aromatic heterocycles. The lowest BCUT2D eigenvalue weighted by Crippen LogP contribution is -2.39. The largest absolute Gasteiger partial charge is 0.331 e. The van der Waals surface area contributed by atoms with Gasteiger partial charge in [-0.25, -0.2) is 4.98 Å². The first kappa shape index (κ1) is 15.0. The highest BCUT2D eigenvalue weighted by molar-refractivity contribution is 5.12. The summed E-state index contributed by atoms with van der Waals surface area (Å²) in [6.45, 7) is 6.89. The van der Waals surface area contributed by atoms with Gasteiger partial charge in [0, 0.05) is 18.3 Å². The summed E-state index contributed by atoms with van der Waals surface area (Å²) in [5, 5.41) is 3.43. The van der Waals surface area contributed by atoms with Gasteiger partial charge in [-0.05, 0) is 65.6 Å². The Kier molecular flexibility index (Phi) is 4.65. The molecule has 1 aromatic rings. The lowest BCUT2D eigenvalue weighted by molar-refractivity contribution is 0.137. The Balaban J connectivity index is 1.95. The van der Waals surface area contributed by atoms with Crippen molar-refractivity contribution in [1.29, 1.82) is 0 Å². The number of nitrogens with one attached hydrogen (secondary N) is 1. The molecule has 1 saturated carbocycles. The highest BCUT2D eigenvalue weighted by Crippen LogP contribution is 2.42. The predicted octanol–water partition coefficient (Wildman–Crippen LogP) is 2.99. The average Bonchev–Trinajstić information content (AvgIpc) is 3.21. The van der Waals surface area contributed by atoms with E-state index in [1.165, 1.54) is 44.3 Å². The fraction of sp³-hybridized carbons (Fsp3) is 0.824. The molecule has 2 atom stereocenters. The molecule has 1 N–H and O–H groups in total. The second kappa shape index (κ2) is 6.49. The van der Waals surface area contributed by atoms with Crippen molar-refractivity contribution in [3.05, 3.63) is 18.2 Å². The third kappa shape index (κ3) is 3.16. The maximum atomic E-state index is 4.47. The van der Waals surface area contributed by atoms with Crippen molar-refractivity contribution in [3.63, 3.8) is 0 Å². The lowest BCUT2D eigenvalue weighted by atomic mass is 9.92. The highest BCUT2D eigenvalue weighted by atomic mass is 15.2. The SMILES string of the molecule is CNCC1CCCCN(C2CC2)C1c1cncn1C(C)C. The number of hydrogen-bond donors (Lipinski definition) is 1. The second-order valence-electron chi connectivity index (χ2n) is 7.05. The minimum absolute atomic E-state index is 0.488. The lowest BCUT2D eigenvalue weighted by Gasteiger charge is -2.36. The van der Waals surface area contributed by atoms with Gasteiger partial charge in [0.05, 0.1) is 18.1 Å². The molecule has 0 bridgehead atoms. The molecule has 3 rings (SSSR count).